The zero-order chi connectivity index (χ0) is 11.0. The van der Waals surface area contributed by atoms with E-state index in [1.807, 2.05) is 30.3 Å². The van der Waals surface area contributed by atoms with Crippen LogP contribution < -0.4 is 0 Å². The van der Waals surface area contributed by atoms with Gasteiger partial charge in [0.15, 0.2) is 0 Å². The highest BCUT2D eigenvalue weighted by molar-refractivity contribution is 6.61. The summed E-state index contributed by atoms with van der Waals surface area (Å²) in [6, 6.07) is 9.38. The molecule has 0 heterocycles. The number of allylic oxidation sites excluding steroid dienone is 2. The standard InChI is InChI=1S/C11H4Cl3N/c12-10-7-4-2-1-3-6(7)9(11(13)14)8(10)5-15/h1-4H. The molecule has 1 aliphatic rings. The average molecular weight is 257 g/mol. The molecule has 1 aliphatic carbocycles. The summed E-state index contributed by atoms with van der Waals surface area (Å²) in [4.78, 5) is 0. The highest BCUT2D eigenvalue weighted by Gasteiger charge is 2.26. The van der Waals surface area contributed by atoms with Crippen LogP contribution in [0.3, 0.4) is 0 Å². The third-order valence-corrected chi connectivity index (χ3v) is 2.97. The molecule has 0 atom stereocenters. The van der Waals surface area contributed by atoms with Crippen LogP contribution in [0.25, 0.3) is 10.6 Å². The SMILES string of the molecule is N#CC1=C(Cl)c2ccccc2C1=C(Cl)Cl. The Hall–Kier alpha value is -0.940. The predicted molar refractivity (Wildman–Crippen MR) is 63.5 cm³/mol. The summed E-state index contributed by atoms with van der Waals surface area (Å²) in [7, 11) is 0. The van der Waals surface area contributed by atoms with Crippen LogP contribution in [0.1, 0.15) is 11.1 Å². The van der Waals surface area contributed by atoms with E-state index >= 15 is 0 Å². The molecular formula is C11H4Cl3N. The monoisotopic (exact) mass is 255 g/mol. The summed E-state index contributed by atoms with van der Waals surface area (Å²) in [5.74, 6) is 0. The zero-order valence-electron chi connectivity index (χ0n) is 7.39. The number of halogens is 3. The van der Waals surface area contributed by atoms with Gasteiger partial charge in [-0.25, -0.2) is 0 Å². The largest absolute Gasteiger partial charge is 0.192 e. The van der Waals surface area contributed by atoms with E-state index in [-0.39, 0.29) is 4.49 Å². The van der Waals surface area contributed by atoms with Gasteiger partial charge >= 0.3 is 0 Å². The first-order valence-electron chi connectivity index (χ1n) is 4.12. The molecule has 1 aromatic carbocycles. The van der Waals surface area contributed by atoms with Crippen molar-refractivity contribution in [3.63, 3.8) is 0 Å². The van der Waals surface area contributed by atoms with Crippen molar-refractivity contribution >= 4 is 45.4 Å². The lowest BCUT2D eigenvalue weighted by Gasteiger charge is -2.00. The first-order valence-corrected chi connectivity index (χ1v) is 5.25. The molecule has 1 nitrogen and oxygen atoms in total. The molecule has 0 fully saturated rings. The van der Waals surface area contributed by atoms with E-state index < -0.39 is 0 Å². The van der Waals surface area contributed by atoms with Crippen LogP contribution in [-0.2, 0) is 0 Å². The molecule has 1 aromatic rings. The Morgan fingerprint density at radius 2 is 1.73 bits per heavy atom. The predicted octanol–water partition coefficient (Wildman–Crippen LogP) is 4.32. The summed E-state index contributed by atoms with van der Waals surface area (Å²) in [6.07, 6.45) is 0. The summed E-state index contributed by atoms with van der Waals surface area (Å²) >= 11 is 17.6. The van der Waals surface area contributed by atoms with Gasteiger partial charge in [0.05, 0.1) is 10.6 Å². The van der Waals surface area contributed by atoms with E-state index in [0.29, 0.717) is 16.2 Å². The molecule has 0 amide bonds. The normalized spacial score (nSPS) is 13.9. The molecule has 2 rings (SSSR count). The molecule has 0 aliphatic heterocycles. The van der Waals surface area contributed by atoms with Crippen molar-refractivity contribution in [2.75, 3.05) is 0 Å². The second-order valence-corrected chi connectivity index (χ2v) is 4.31. The summed E-state index contributed by atoms with van der Waals surface area (Å²) < 4.78 is 0.0645. The van der Waals surface area contributed by atoms with Gasteiger partial charge in [-0.15, -0.1) is 0 Å². The summed E-state index contributed by atoms with van der Waals surface area (Å²) in [5, 5.41) is 9.39. The lowest BCUT2D eigenvalue weighted by molar-refractivity contribution is 1.51. The van der Waals surface area contributed by atoms with E-state index in [4.69, 9.17) is 40.1 Å². The minimum absolute atomic E-state index is 0.0645. The maximum Gasteiger partial charge on any atom is 0.116 e. The molecule has 0 saturated carbocycles. The Morgan fingerprint density at radius 3 is 2.27 bits per heavy atom. The minimum atomic E-state index is 0.0645. The number of hydrogen-bond acceptors (Lipinski definition) is 1. The van der Waals surface area contributed by atoms with Crippen LogP contribution in [0.4, 0.5) is 0 Å². The highest BCUT2D eigenvalue weighted by atomic mass is 35.5. The summed E-state index contributed by atoms with van der Waals surface area (Å²) in [6.45, 7) is 0. The number of fused-ring (bicyclic) bond motifs is 1. The van der Waals surface area contributed by atoms with Gasteiger partial charge in [0.2, 0.25) is 0 Å². The lowest BCUT2D eigenvalue weighted by atomic mass is 10.1. The molecule has 0 spiro atoms. The maximum atomic E-state index is 8.98. The highest BCUT2D eigenvalue weighted by Crippen LogP contribution is 2.45. The van der Waals surface area contributed by atoms with E-state index in [1.54, 1.807) is 0 Å². The van der Waals surface area contributed by atoms with Crippen LogP contribution in [-0.4, -0.2) is 0 Å². The molecule has 0 N–H and O–H groups in total. The first kappa shape index (κ1) is 10.6. The maximum absolute atomic E-state index is 8.98. The van der Waals surface area contributed by atoms with Gasteiger partial charge in [-0.05, 0) is 5.56 Å². The van der Waals surface area contributed by atoms with Crippen LogP contribution in [0.15, 0.2) is 34.3 Å². The number of nitrogens with zero attached hydrogens (tertiary/aromatic N) is 1. The fourth-order valence-electron chi connectivity index (χ4n) is 1.57. The van der Waals surface area contributed by atoms with Crippen molar-refractivity contribution in [2.24, 2.45) is 0 Å². The number of hydrogen-bond donors (Lipinski definition) is 0. The fourth-order valence-corrected chi connectivity index (χ4v) is 2.27. The Bertz CT molecular complexity index is 531. The van der Waals surface area contributed by atoms with E-state index in [0.717, 1.165) is 11.1 Å². The van der Waals surface area contributed by atoms with Crippen LogP contribution in [0.2, 0.25) is 0 Å². The fraction of sp³-hybridized carbons (Fsp3) is 0. The average Bonchev–Trinajstić information content (AvgIpc) is 2.52. The summed E-state index contributed by atoms with van der Waals surface area (Å²) in [5.41, 5.74) is 2.45. The van der Waals surface area contributed by atoms with Crippen molar-refractivity contribution in [3.05, 3.63) is 45.5 Å². The van der Waals surface area contributed by atoms with Crippen molar-refractivity contribution < 1.29 is 0 Å². The molecule has 74 valence electrons. The Morgan fingerprint density at radius 1 is 1.13 bits per heavy atom. The number of benzene rings is 1. The van der Waals surface area contributed by atoms with Crippen molar-refractivity contribution in [2.45, 2.75) is 0 Å². The zero-order valence-corrected chi connectivity index (χ0v) is 9.66. The van der Waals surface area contributed by atoms with Crippen LogP contribution in [0, 0.1) is 11.3 Å². The minimum Gasteiger partial charge on any atom is -0.192 e. The van der Waals surface area contributed by atoms with Gasteiger partial charge in [-0.2, -0.15) is 5.26 Å². The number of nitriles is 1. The lowest BCUT2D eigenvalue weighted by Crippen LogP contribution is -1.83. The van der Waals surface area contributed by atoms with Gasteiger partial charge in [0, 0.05) is 11.1 Å². The Labute approximate surface area is 102 Å². The molecular weight excluding hydrogens is 252 g/mol. The van der Waals surface area contributed by atoms with Crippen LogP contribution in [0.5, 0.6) is 0 Å². The molecule has 15 heavy (non-hydrogen) atoms. The Kier molecular flexibility index (Phi) is 2.75. The van der Waals surface area contributed by atoms with Gasteiger partial charge in [-0.3, -0.25) is 0 Å². The van der Waals surface area contributed by atoms with Crippen molar-refractivity contribution in [1.82, 2.24) is 0 Å². The smallest absolute Gasteiger partial charge is 0.116 e. The molecule has 0 unspecified atom stereocenters. The van der Waals surface area contributed by atoms with Crippen LogP contribution >= 0.6 is 34.8 Å². The third kappa shape index (κ3) is 1.55. The second-order valence-electron chi connectivity index (χ2n) is 2.98. The van der Waals surface area contributed by atoms with Crippen molar-refractivity contribution in [3.8, 4) is 6.07 Å². The van der Waals surface area contributed by atoms with E-state index in [2.05, 4.69) is 0 Å². The van der Waals surface area contributed by atoms with Gasteiger partial charge in [0.25, 0.3) is 0 Å². The third-order valence-electron chi connectivity index (χ3n) is 2.20. The van der Waals surface area contributed by atoms with Gasteiger partial charge in [0.1, 0.15) is 10.6 Å². The topological polar surface area (TPSA) is 23.8 Å². The van der Waals surface area contributed by atoms with Gasteiger partial charge < -0.3 is 0 Å². The molecule has 0 radical (unpaired) electrons. The quantitative estimate of drug-likeness (QED) is 0.678. The first-order chi connectivity index (χ1) is 7.16. The van der Waals surface area contributed by atoms with Gasteiger partial charge in [-0.1, -0.05) is 59.1 Å². The molecule has 4 heteroatoms. The second kappa shape index (κ2) is 3.90. The van der Waals surface area contributed by atoms with E-state index in [1.165, 1.54) is 0 Å². The molecule has 0 aromatic heterocycles. The molecule has 0 bridgehead atoms. The van der Waals surface area contributed by atoms with E-state index in [9.17, 15) is 0 Å². The number of rotatable bonds is 0. The molecule has 0 saturated heterocycles. The Balaban J connectivity index is 2.81. The van der Waals surface area contributed by atoms with Crippen molar-refractivity contribution in [1.29, 1.82) is 5.26 Å².